The lowest BCUT2D eigenvalue weighted by Gasteiger charge is -2.12. The minimum absolute atomic E-state index is 0.116. The molecule has 2 amide bonds. The van der Waals surface area contributed by atoms with Crippen LogP contribution in [-0.4, -0.2) is 26.6 Å². The minimum Gasteiger partial charge on any atom is -0.459 e. The van der Waals surface area contributed by atoms with Crippen LogP contribution in [0.15, 0.2) is 45.8 Å². The number of benzene rings is 1. The van der Waals surface area contributed by atoms with Gasteiger partial charge in [-0.2, -0.15) is 5.10 Å². The molecule has 0 aliphatic carbocycles. The van der Waals surface area contributed by atoms with Crippen LogP contribution in [0.5, 0.6) is 0 Å². The maximum atomic E-state index is 13.1. The van der Waals surface area contributed by atoms with Crippen LogP contribution in [0.25, 0.3) is 10.6 Å². The number of aromatic nitrogens is 3. The highest BCUT2D eigenvalue weighted by molar-refractivity contribution is 7.17. The number of hydrogen-bond donors (Lipinski definition) is 2. The number of halogens is 1. The Bertz CT molecular complexity index is 1470. The normalized spacial score (nSPS) is 10.9. The van der Waals surface area contributed by atoms with Gasteiger partial charge in [-0.15, -0.1) is 11.3 Å². The maximum Gasteiger partial charge on any atom is 0.291 e. The molecule has 0 atom stereocenters. The van der Waals surface area contributed by atoms with Crippen molar-refractivity contribution in [3.63, 3.8) is 0 Å². The number of thiazole rings is 1. The van der Waals surface area contributed by atoms with Crippen molar-refractivity contribution < 1.29 is 14.0 Å². The standard InChI is InChI=1S/C23H20ClN5O4S/c1-11-12(2)28-29(4)23(32)18(11)22-25-13(3)19(34-22)21(31)26-15-8-7-14(24)10-16(15)27-20(30)17-6-5-9-33-17/h5-10H,1-4H3,(H,26,31)(H,27,30). The molecule has 3 aromatic heterocycles. The van der Waals surface area contributed by atoms with E-state index in [1.165, 1.54) is 23.1 Å². The molecule has 9 nitrogen and oxygen atoms in total. The molecule has 2 N–H and O–H groups in total. The summed E-state index contributed by atoms with van der Waals surface area (Å²) in [5, 5.41) is 10.5. The molecule has 3 heterocycles. The van der Waals surface area contributed by atoms with Crippen molar-refractivity contribution in [2.75, 3.05) is 10.6 Å². The van der Waals surface area contributed by atoms with Gasteiger partial charge in [0.2, 0.25) is 0 Å². The number of rotatable bonds is 5. The van der Waals surface area contributed by atoms with Gasteiger partial charge in [-0.3, -0.25) is 14.4 Å². The zero-order chi connectivity index (χ0) is 24.6. The maximum absolute atomic E-state index is 13.1. The zero-order valence-corrected chi connectivity index (χ0v) is 20.3. The molecule has 4 rings (SSSR count). The fourth-order valence-corrected chi connectivity index (χ4v) is 4.54. The van der Waals surface area contributed by atoms with E-state index in [-0.39, 0.29) is 11.3 Å². The lowest BCUT2D eigenvalue weighted by molar-refractivity contribution is 0.0993. The van der Waals surface area contributed by atoms with Crippen LogP contribution < -0.4 is 16.2 Å². The summed E-state index contributed by atoms with van der Waals surface area (Å²) in [4.78, 5) is 43.1. The van der Waals surface area contributed by atoms with Gasteiger partial charge < -0.3 is 15.1 Å². The molecule has 0 aliphatic heterocycles. The first-order chi connectivity index (χ1) is 16.2. The fraction of sp³-hybridized carbons (Fsp3) is 0.174. The van der Waals surface area contributed by atoms with Crippen molar-refractivity contribution in [3.05, 3.63) is 79.6 Å². The van der Waals surface area contributed by atoms with E-state index in [4.69, 9.17) is 16.0 Å². The molecule has 0 fully saturated rings. The highest BCUT2D eigenvalue weighted by atomic mass is 35.5. The second-order valence-corrected chi connectivity index (χ2v) is 8.96. The van der Waals surface area contributed by atoms with Crippen LogP contribution in [0.1, 0.15) is 37.2 Å². The van der Waals surface area contributed by atoms with Gasteiger partial charge in [0, 0.05) is 12.1 Å². The molecule has 4 aromatic rings. The number of nitrogens with one attached hydrogen (secondary N) is 2. The van der Waals surface area contributed by atoms with Crippen molar-refractivity contribution in [3.8, 4) is 10.6 Å². The summed E-state index contributed by atoms with van der Waals surface area (Å²) in [6.45, 7) is 5.31. The second kappa shape index (κ2) is 9.24. The Kier molecular flexibility index (Phi) is 6.36. The molecule has 0 saturated carbocycles. The molecule has 11 heteroatoms. The average Bonchev–Trinajstić information content (AvgIpc) is 3.45. The summed E-state index contributed by atoms with van der Waals surface area (Å²) in [5.41, 5.74) is 2.67. The summed E-state index contributed by atoms with van der Waals surface area (Å²) in [7, 11) is 1.57. The lowest BCUT2D eigenvalue weighted by Crippen LogP contribution is -2.23. The Labute approximate surface area is 203 Å². The highest BCUT2D eigenvalue weighted by Crippen LogP contribution is 2.31. The quantitative estimate of drug-likeness (QED) is 0.416. The largest absolute Gasteiger partial charge is 0.459 e. The molecule has 0 bridgehead atoms. The summed E-state index contributed by atoms with van der Waals surface area (Å²) in [6.07, 6.45) is 1.39. The van der Waals surface area contributed by atoms with Gasteiger partial charge >= 0.3 is 0 Å². The Hall–Kier alpha value is -3.76. The van der Waals surface area contributed by atoms with E-state index in [9.17, 15) is 14.4 Å². The molecule has 0 radical (unpaired) electrons. The molecule has 0 unspecified atom stereocenters. The van der Waals surface area contributed by atoms with Crippen LogP contribution >= 0.6 is 22.9 Å². The van der Waals surface area contributed by atoms with Gasteiger partial charge in [-0.05, 0) is 56.7 Å². The third kappa shape index (κ3) is 4.50. The average molecular weight is 498 g/mol. The van der Waals surface area contributed by atoms with Crippen molar-refractivity contribution in [1.29, 1.82) is 0 Å². The van der Waals surface area contributed by atoms with Crippen molar-refractivity contribution in [2.45, 2.75) is 20.8 Å². The van der Waals surface area contributed by atoms with Crippen LogP contribution in [0.4, 0.5) is 11.4 Å². The fourth-order valence-electron chi connectivity index (χ4n) is 3.31. The molecular weight excluding hydrogens is 478 g/mol. The van der Waals surface area contributed by atoms with Crippen LogP contribution in [0.2, 0.25) is 5.02 Å². The third-order valence-corrected chi connectivity index (χ3v) is 6.57. The number of carbonyl (C=O) groups excluding carboxylic acids is 2. The van der Waals surface area contributed by atoms with E-state index in [0.717, 1.165) is 11.3 Å². The van der Waals surface area contributed by atoms with E-state index in [1.807, 2.05) is 6.92 Å². The number of aryl methyl sites for hydroxylation is 3. The predicted octanol–water partition coefficient (Wildman–Crippen LogP) is 4.58. The van der Waals surface area contributed by atoms with Gasteiger partial charge in [-0.25, -0.2) is 9.67 Å². The zero-order valence-electron chi connectivity index (χ0n) is 18.7. The van der Waals surface area contributed by atoms with Crippen LogP contribution in [0, 0.1) is 20.8 Å². The van der Waals surface area contributed by atoms with E-state index in [0.29, 0.717) is 48.8 Å². The van der Waals surface area contributed by atoms with Crippen LogP contribution in [0.3, 0.4) is 0 Å². The van der Waals surface area contributed by atoms with E-state index in [2.05, 4.69) is 20.7 Å². The monoisotopic (exact) mass is 497 g/mol. The topological polar surface area (TPSA) is 119 Å². The van der Waals surface area contributed by atoms with Gasteiger partial charge in [0.25, 0.3) is 17.4 Å². The molecule has 174 valence electrons. The molecule has 34 heavy (non-hydrogen) atoms. The van der Waals surface area contributed by atoms with Crippen molar-refractivity contribution in [1.82, 2.24) is 14.8 Å². The Morgan fingerprint density at radius 1 is 1.06 bits per heavy atom. The molecular formula is C23H20ClN5O4S. The van der Waals surface area contributed by atoms with Crippen molar-refractivity contribution >= 4 is 46.1 Å². The number of nitrogens with zero attached hydrogens (tertiary/aromatic N) is 3. The molecule has 0 saturated heterocycles. The van der Waals surface area contributed by atoms with Crippen molar-refractivity contribution in [2.24, 2.45) is 7.05 Å². The predicted molar refractivity (Wildman–Crippen MR) is 131 cm³/mol. The smallest absolute Gasteiger partial charge is 0.291 e. The van der Waals surface area contributed by atoms with Gasteiger partial charge in [-0.1, -0.05) is 11.6 Å². The molecule has 0 aliphatic rings. The lowest BCUT2D eigenvalue weighted by atomic mass is 10.1. The summed E-state index contributed by atoms with van der Waals surface area (Å²) in [5.74, 6) is -0.805. The molecule has 1 aromatic carbocycles. The molecule has 0 spiro atoms. The van der Waals surface area contributed by atoms with Gasteiger partial charge in [0.1, 0.15) is 9.88 Å². The third-order valence-electron chi connectivity index (χ3n) is 5.17. The Morgan fingerprint density at radius 3 is 2.50 bits per heavy atom. The summed E-state index contributed by atoms with van der Waals surface area (Å²) in [6, 6.07) is 7.82. The van der Waals surface area contributed by atoms with E-state index >= 15 is 0 Å². The summed E-state index contributed by atoms with van der Waals surface area (Å²) < 4.78 is 6.37. The first-order valence-corrected chi connectivity index (χ1v) is 11.3. The SMILES string of the molecule is Cc1nc(-c2c(C)c(C)nn(C)c2=O)sc1C(=O)Nc1ccc(Cl)cc1NC(=O)c1ccco1. The first-order valence-electron chi connectivity index (χ1n) is 10.1. The number of hydrogen-bond acceptors (Lipinski definition) is 7. The number of anilines is 2. The summed E-state index contributed by atoms with van der Waals surface area (Å²) >= 11 is 7.21. The van der Waals surface area contributed by atoms with Gasteiger partial charge in [0.15, 0.2) is 5.76 Å². The minimum atomic E-state index is -0.488. The van der Waals surface area contributed by atoms with Gasteiger partial charge in [0.05, 0.1) is 34.6 Å². The second-order valence-electron chi connectivity index (χ2n) is 7.52. The number of amides is 2. The van der Waals surface area contributed by atoms with E-state index < -0.39 is 11.8 Å². The first kappa shape index (κ1) is 23.4. The van der Waals surface area contributed by atoms with E-state index in [1.54, 1.807) is 39.1 Å². The number of furan rings is 1. The Balaban J connectivity index is 1.65. The Morgan fingerprint density at radius 2 is 1.79 bits per heavy atom. The highest BCUT2D eigenvalue weighted by Gasteiger charge is 2.22. The van der Waals surface area contributed by atoms with Crippen LogP contribution in [-0.2, 0) is 7.05 Å². The number of carbonyl (C=O) groups is 2.